The van der Waals surface area contributed by atoms with Crippen molar-refractivity contribution in [3.05, 3.63) is 75.8 Å². The van der Waals surface area contributed by atoms with E-state index in [1.165, 1.54) is 0 Å². The van der Waals surface area contributed by atoms with E-state index in [0.717, 1.165) is 5.56 Å². The molecule has 24 heavy (non-hydrogen) atoms. The summed E-state index contributed by atoms with van der Waals surface area (Å²) in [4.78, 5) is 23.9. The molecule has 1 aliphatic carbocycles. The molecule has 0 unspecified atom stereocenters. The Morgan fingerprint density at radius 1 is 1.00 bits per heavy atom. The van der Waals surface area contributed by atoms with Crippen LogP contribution in [0.2, 0.25) is 0 Å². The SMILES string of the molecule is O=C1OCc2ccccc2OC[C@]2(c3ccccc3)C[C@]12[N+](=O)[O-]. The molecule has 0 N–H and O–H groups in total. The van der Waals surface area contributed by atoms with Crippen molar-refractivity contribution in [2.75, 3.05) is 6.61 Å². The van der Waals surface area contributed by atoms with Crippen molar-refractivity contribution in [3.8, 4) is 5.75 Å². The van der Waals surface area contributed by atoms with Crippen molar-refractivity contribution in [3.63, 3.8) is 0 Å². The summed E-state index contributed by atoms with van der Waals surface area (Å²) >= 11 is 0. The first kappa shape index (κ1) is 14.7. The summed E-state index contributed by atoms with van der Waals surface area (Å²) in [6.45, 7) is 0.0274. The molecule has 0 bridgehead atoms. The number of para-hydroxylation sites is 1. The molecule has 1 heterocycles. The van der Waals surface area contributed by atoms with Crippen LogP contribution in [0.5, 0.6) is 5.75 Å². The van der Waals surface area contributed by atoms with Crippen molar-refractivity contribution in [1.82, 2.24) is 0 Å². The Kier molecular flexibility index (Phi) is 3.09. The van der Waals surface area contributed by atoms with E-state index < -0.39 is 21.8 Å². The van der Waals surface area contributed by atoms with Crippen LogP contribution in [0.4, 0.5) is 0 Å². The minimum atomic E-state index is -1.78. The molecule has 0 radical (unpaired) electrons. The number of esters is 1. The number of fused-ring (bicyclic) bond motifs is 2. The first-order valence-electron chi connectivity index (χ1n) is 7.68. The third-order valence-corrected chi connectivity index (χ3v) is 5.01. The smallest absolute Gasteiger partial charge is 0.386 e. The fourth-order valence-electron chi connectivity index (χ4n) is 3.55. The molecule has 1 fully saturated rings. The van der Waals surface area contributed by atoms with Crippen LogP contribution < -0.4 is 4.74 Å². The fourth-order valence-corrected chi connectivity index (χ4v) is 3.55. The topological polar surface area (TPSA) is 78.7 Å². The van der Waals surface area contributed by atoms with Crippen molar-refractivity contribution in [2.45, 2.75) is 24.0 Å². The van der Waals surface area contributed by atoms with E-state index in [1.807, 2.05) is 18.2 Å². The highest BCUT2D eigenvalue weighted by Gasteiger charge is 2.85. The Balaban J connectivity index is 1.83. The van der Waals surface area contributed by atoms with Gasteiger partial charge in [-0.2, -0.15) is 0 Å². The third-order valence-electron chi connectivity index (χ3n) is 5.01. The lowest BCUT2D eigenvalue weighted by molar-refractivity contribution is -0.531. The minimum absolute atomic E-state index is 0.0323. The number of nitrogens with zero attached hydrogens (tertiary/aromatic N) is 1. The van der Waals surface area contributed by atoms with Crippen molar-refractivity contribution in [1.29, 1.82) is 0 Å². The van der Waals surface area contributed by atoms with Crippen LogP contribution in [0, 0.1) is 10.1 Å². The lowest BCUT2D eigenvalue weighted by atomic mass is 9.91. The lowest BCUT2D eigenvalue weighted by Gasteiger charge is -2.19. The number of carbonyl (C=O) groups excluding carboxylic acids is 1. The van der Waals surface area contributed by atoms with Gasteiger partial charge in [0.05, 0.1) is 6.42 Å². The molecule has 0 saturated heterocycles. The molecule has 0 spiro atoms. The molecule has 122 valence electrons. The molecule has 4 rings (SSSR count). The number of ether oxygens (including phenoxy) is 2. The number of benzene rings is 2. The number of cyclic esters (lactones) is 1. The Morgan fingerprint density at radius 3 is 2.46 bits per heavy atom. The molecule has 2 aromatic carbocycles. The van der Waals surface area contributed by atoms with Gasteiger partial charge in [-0.25, -0.2) is 4.79 Å². The van der Waals surface area contributed by atoms with E-state index in [9.17, 15) is 14.9 Å². The van der Waals surface area contributed by atoms with E-state index in [0.29, 0.717) is 11.3 Å². The van der Waals surface area contributed by atoms with Crippen LogP contribution in [0.15, 0.2) is 54.6 Å². The first-order chi connectivity index (χ1) is 11.6. The van der Waals surface area contributed by atoms with Gasteiger partial charge in [0, 0.05) is 10.5 Å². The zero-order valence-electron chi connectivity index (χ0n) is 12.8. The zero-order valence-corrected chi connectivity index (χ0v) is 12.8. The van der Waals surface area contributed by atoms with Crippen molar-refractivity contribution >= 4 is 5.97 Å². The molecule has 2 aromatic rings. The average molecular weight is 325 g/mol. The van der Waals surface area contributed by atoms with E-state index in [2.05, 4.69) is 0 Å². The largest absolute Gasteiger partial charge is 0.492 e. The van der Waals surface area contributed by atoms with Crippen LogP contribution in [-0.4, -0.2) is 23.0 Å². The second-order valence-electron chi connectivity index (χ2n) is 6.21. The Morgan fingerprint density at radius 2 is 1.71 bits per heavy atom. The molecule has 1 saturated carbocycles. The van der Waals surface area contributed by atoms with E-state index in [-0.39, 0.29) is 19.6 Å². The maximum atomic E-state index is 12.6. The molecule has 6 heteroatoms. The molecular formula is C18H15NO5. The molecule has 0 aromatic heterocycles. The second kappa shape index (κ2) is 5.06. The van der Waals surface area contributed by atoms with E-state index >= 15 is 0 Å². The fraction of sp³-hybridized carbons (Fsp3) is 0.278. The third kappa shape index (κ3) is 1.86. The van der Waals surface area contributed by atoms with Gasteiger partial charge in [-0.05, 0) is 11.6 Å². The summed E-state index contributed by atoms with van der Waals surface area (Å²) in [6, 6.07) is 16.2. The Bertz CT molecular complexity index is 821. The monoisotopic (exact) mass is 325 g/mol. The van der Waals surface area contributed by atoms with Gasteiger partial charge in [-0.15, -0.1) is 0 Å². The van der Waals surface area contributed by atoms with Crippen LogP contribution in [-0.2, 0) is 21.6 Å². The summed E-state index contributed by atoms with van der Waals surface area (Å²) in [6.07, 6.45) is 0.0814. The summed E-state index contributed by atoms with van der Waals surface area (Å²) in [5.41, 5.74) is -1.37. The molecule has 2 aliphatic rings. The highest BCUT2D eigenvalue weighted by molar-refractivity contribution is 5.87. The Hall–Kier alpha value is -2.89. The molecule has 1 aliphatic heterocycles. The van der Waals surface area contributed by atoms with Gasteiger partial charge in [0.15, 0.2) is 0 Å². The van der Waals surface area contributed by atoms with Gasteiger partial charge >= 0.3 is 11.5 Å². The second-order valence-corrected chi connectivity index (χ2v) is 6.21. The number of nitro groups is 1. The number of carbonyl (C=O) groups is 1. The zero-order chi connectivity index (χ0) is 16.8. The predicted molar refractivity (Wildman–Crippen MR) is 84.2 cm³/mol. The minimum Gasteiger partial charge on any atom is -0.492 e. The molecular weight excluding hydrogens is 310 g/mol. The first-order valence-corrected chi connectivity index (χ1v) is 7.68. The molecule has 0 amide bonds. The maximum Gasteiger partial charge on any atom is 0.386 e. The summed E-state index contributed by atoms with van der Waals surface area (Å²) in [5.74, 6) is -0.205. The quantitative estimate of drug-likeness (QED) is 0.481. The van der Waals surface area contributed by atoms with Gasteiger partial charge in [0.1, 0.15) is 24.4 Å². The van der Waals surface area contributed by atoms with Gasteiger partial charge in [-0.3, -0.25) is 10.1 Å². The van der Waals surface area contributed by atoms with Gasteiger partial charge in [0.2, 0.25) is 0 Å². The van der Waals surface area contributed by atoms with Crippen LogP contribution in [0.1, 0.15) is 17.5 Å². The summed E-state index contributed by atoms with van der Waals surface area (Å²) < 4.78 is 11.2. The highest BCUT2D eigenvalue weighted by atomic mass is 16.6. The average Bonchev–Trinajstić information content (AvgIpc) is 3.30. The van der Waals surface area contributed by atoms with Crippen LogP contribution in [0.3, 0.4) is 0 Å². The predicted octanol–water partition coefficient (Wildman–Crippen LogP) is 2.48. The van der Waals surface area contributed by atoms with Gasteiger partial charge in [-0.1, -0.05) is 48.5 Å². The van der Waals surface area contributed by atoms with Crippen molar-refractivity contribution in [2.24, 2.45) is 0 Å². The standard InChI is InChI=1S/C18H15NO5/c20-16-18(19(21)22)11-17(18,14-7-2-1-3-8-14)12-24-15-9-5-4-6-13(15)10-23-16/h1-9H,10-12H2/t17-,18-/m0/s1. The maximum absolute atomic E-state index is 12.6. The van der Waals surface area contributed by atoms with E-state index in [4.69, 9.17) is 9.47 Å². The molecule has 2 atom stereocenters. The Labute approximate surface area is 138 Å². The summed E-state index contributed by atoms with van der Waals surface area (Å²) in [7, 11) is 0. The number of hydrogen-bond donors (Lipinski definition) is 0. The summed E-state index contributed by atoms with van der Waals surface area (Å²) in [5, 5.41) is 11.8. The normalized spacial score (nSPS) is 28.1. The van der Waals surface area contributed by atoms with Crippen molar-refractivity contribution < 1.29 is 19.2 Å². The number of hydrogen-bond acceptors (Lipinski definition) is 5. The number of rotatable bonds is 2. The van der Waals surface area contributed by atoms with E-state index in [1.54, 1.807) is 36.4 Å². The van der Waals surface area contributed by atoms with Gasteiger partial charge < -0.3 is 9.47 Å². The van der Waals surface area contributed by atoms with Crippen LogP contribution in [0.25, 0.3) is 0 Å². The molecule has 6 nitrogen and oxygen atoms in total. The highest BCUT2D eigenvalue weighted by Crippen LogP contribution is 2.61. The van der Waals surface area contributed by atoms with Crippen LogP contribution >= 0.6 is 0 Å². The lowest BCUT2D eigenvalue weighted by Crippen LogP contribution is -2.43. The van der Waals surface area contributed by atoms with Gasteiger partial charge in [0.25, 0.3) is 0 Å².